The minimum atomic E-state index is -1.15. The molecule has 208 valence electrons. The summed E-state index contributed by atoms with van der Waals surface area (Å²) in [6.45, 7) is 4.11. The molecule has 4 aromatic carbocycles. The zero-order valence-corrected chi connectivity index (χ0v) is 24.0. The molecule has 3 unspecified atom stereocenters. The largest absolute Gasteiger partial charge is 0.481 e. The number of Topliss-reactive ketones (excluding diaryl/α,β-unsaturated/α-hetero) is 3. The molecule has 0 saturated carbocycles. The van der Waals surface area contributed by atoms with Crippen molar-refractivity contribution >= 4 is 23.0 Å². The Morgan fingerprint density at radius 1 is 0.683 bits per heavy atom. The predicted octanol–water partition coefficient (Wildman–Crippen LogP) is 6.99. The van der Waals surface area contributed by atoms with E-state index in [-0.39, 0.29) is 17.3 Å². The third-order valence-electron chi connectivity index (χ3n) is 8.00. The predicted molar refractivity (Wildman–Crippen MR) is 162 cm³/mol. The van der Waals surface area contributed by atoms with Crippen molar-refractivity contribution in [3.63, 3.8) is 0 Å². The van der Waals surface area contributed by atoms with Gasteiger partial charge in [-0.2, -0.15) is 0 Å². The zero-order chi connectivity index (χ0) is 29.1. The van der Waals surface area contributed by atoms with Gasteiger partial charge >= 0.3 is 0 Å². The van der Waals surface area contributed by atoms with Crippen LogP contribution in [0.5, 0.6) is 5.75 Å². The van der Waals surface area contributed by atoms with E-state index < -0.39 is 17.9 Å². The average Bonchev–Trinajstić information content (AvgIpc) is 3.40. The van der Waals surface area contributed by atoms with Crippen molar-refractivity contribution < 1.29 is 19.1 Å². The molecule has 0 bridgehead atoms. The SMILES string of the molecule is CCc1ccc(C(=O)C2Oc3ccccc3C2C(C(=O)c2ccc(CC)cc2)C(=O)c2ccc(N(C)C)cc2)cc1. The van der Waals surface area contributed by atoms with E-state index in [0.717, 1.165) is 29.7 Å². The number of fused-ring (bicyclic) bond motifs is 1. The van der Waals surface area contributed by atoms with Crippen molar-refractivity contribution in [3.05, 3.63) is 130 Å². The lowest BCUT2D eigenvalue weighted by atomic mass is 9.73. The second-order valence-corrected chi connectivity index (χ2v) is 10.7. The van der Waals surface area contributed by atoms with E-state index in [1.807, 2.05) is 73.6 Å². The monoisotopic (exact) mass is 545 g/mol. The maximum absolute atomic E-state index is 14.3. The number of aryl methyl sites for hydroxylation is 2. The first-order chi connectivity index (χ1) is 19.8. The lowest BCUT2D eigenvalue weighted by Crippen LogP contribution is -2.40. The Morgan fingerprint density at radius 2 is 1.17 bits per heavy atom. The lowest BCUT2D eigenvalue weighted by molar-refractivity contribution is 0.0669. The van der Waals surface area contributed by atoms with Crippen molar-refractivity contribution in [2.45, 2.75) is 38.7 Å². The van der Waals surface area contributed by atoms with Gasteiger partial charge in [0.15, 0.2) is 17.7 Å². The van der Waals surface area contributed by atoms with E-state index in [1.54, 1.807) is 42.5 Å². The molecule has 0 amide bonds. The fourth-order valence-electron chi connectivity index (χ4n) is 5.51. The highest BCUT2D eigenvalue weighted by atomic mass is 16.5. The number of nitrogens with zero attached hydrogens (tertiary/aromatic N) is 1. The van der Waals surface area contributed by atoms with Gasteiger partial charge in [-0.05, 0) is 54.3 Å². The Hall–Kier alpha value is -4.51. The maximum Gasteiger partial charge on any atom is 0.203 e. The Kier molecular flexibility index (Phi) is 8.16. The Bertz CT molecular complexity index is 1550. The maximum atomic E-state index is 14.3. The quantitative estimate of drug-likeness (QED) is 0.159. The van der Waals surface area contributed by atoms with Gasteiger partial charge in [0.1, 0.15) is 5.75 Å². The molecule has 1 aliphatic rings. The average molecular weight is 546 g/mol. The van der Waals surface area contributed by atoms with Crippen molar-refractivity contribution in [2.75, 3.05) is 19.0 Å². The highest BCUT2D eigenvalue weighted by molar-refractivity contribution is 6.17. The second kappa shape index (κ2) is 11.9. The van der Waals surface area contributed by atoms with Crippen LogP contribution in [0, 0.1) is 5.92 Å². The minimum Gasteiger partial charge on any atom is -0.481 e. The molecule has 1 heterocycles. The smallest absolute Gasteiger partial charge is 0.203 e. The number of carbonyl (C=O) groups excluding carboxylic acids is 3. The molecule has 1 aliphatic heterocycles. The van der Waals surface area contributed by atoms with Crippen molar-refractivity contribution in [1.29, 1.82) is 0 Å². The van der Waals surface area contributed by atoms with Crippen LogP contribution in [0.4, 0.5) is 5.69 Å². The first-order valence-corrected chi connectivity index (χ1v) is 14.2. The molecular weight excluding hydrogens is 510 g/mol. The lowest BCUT2D eigenvalue weighted by Gasteiger charge is -2.26. The van der Waals surface area contributed by atoms with Crippen LogP contribution in [0.2, 0.25) is 0 Å². The number of ether oxygens (including phenoxy) is 1. The summed E-state index contributed by atoms with van der Waals surface area (Å²) in [6, 6.07) is 29.4. The number of ketones is 3. The van der Waals surface area contributed by atoms with Crippen LogP contribution in [0.3, 0.4) is 0 Å². The first-order valence-electron chi connectivity index (χ1n) is 14.2. The fourth-order valence-corrected chi connectivity index (χ4v) is 5.51. The van der Waals surface area contributed by atoms with Gasteiger partial charge in [-0.25, -0.2) is 0 Å². The van der Waals surface area contributed by atoms with E-state index in [9.17, 15) is 14.4 Å². The van der Waals surface area contributed by atoms with Crippen LogP contribution in [0.15, 0.2) is 97.1 Å². The number of hydrogen-bond acceptors (Lipinski definition) is 5. The molecule has 0 saturated heterocycles. The van der Waals surface area contributed by atoms with E-state index in [1.165, 1.54) is 0 Å². The van der Waals surface area contributed by atoms with Gasteiger partial charge in [0.05, 0.1) is 5.92 Å². The summed E-state index contributed by atoms with van der Waals surface area (Å²) in [4.78, 5) is 44.6. The molecule has 0 fully saturated rings. The van der Waals surface area contributed by atoms with E-state index >= 15 is 0 Å². The summed E-state index contributed by atoms with van der Waals surface area (Å²) in [7, 11) is 3.86. The second-order valence-electron chi connectivity index (χ2n) is 10.7. The van der Waals surface area contributed by atoms with E-state index in [0.29, 0.717) is 28.0 Å². The molecule has 0 aliphatic carbocycles. The summed E-state index contributed by atoms with van der Waals surface area (Å²) in [6.07, 6.45) is 0.678. The normalized spacial score (nSPS) is 16.4. The van der Waals surface area contributed by atoms with Crippen LogP contribution in [-0.4, -0.2) is 37.5 Å². The van der Waals surface area contributed by atoms with Crippen molar-refractivity contribution in [3.8, 4) is 5.75 Å². The van der Waals surface area contributed by atoms with Crippen LogP contribution in [0.1, 0.15) is 67.5 Å². The molecule has 41 heavy (non-hydrogen) atoms. The number of rotatable bonds is 10. The molecule has 5 heteroatoms. The number of carbonyl (C=O) groups is 3. The summed E-state index contributed by atoms with van der Waals surface area (Å²) >= 11 is 0. The van der Waals surface area contributed by atoms with Crippen LogP contribution in [-0.2, 0) is 12.8 Å². The highest BCUT2D eigenvalue weighted by Crippen LogP contribution is 2.45. The highest BCUT2D eigenvalue weighted by Gasteiger charge is 2.49. The molecular formula is C36H35NO4. The minimum absolute atomic E-state index is 0.247. The molecule has 0 radical (unpaired) electrons. The Morgan fingerprint density at radius 3 is 1.68 bits per heavy atom. The fraction of sp³-hybridized carbons (Fsp3) is 0.250. The number of para-hydroxylation sites is 1. The molecule has 0 spiro atoms. The molecule has 5 rings (SSSR count). The molecule has 0 N–H and O–H groups in total. The van der Waals surface area contributed by atoms with E-state index in [2.05, 4.69) is 13.8 Å². The van der Waals surface area contributed by atoms with Crippen molar-refractivity contribution in [1.82, 2.24) is 0 Å². The number of anilines is 1. The number of benzene rings is 4. The van der Waals surface area contributed by atoms with Gasteiger partial charge < -0.3 is 9.64 Å². The van der Waals surface area contributed by atoms with Crippen LogP contribution in [0.25, 0.3) is 0 Å². The number of hydrogen-bond donors (Lipinski definition) is 0. The summed E-state index contributed by atoms with van der Waals surface area (Å²) in [5, 5.41) is 0. The van der Waals surface area contributed by atoms with Gasteiger partial charge in [-0.1, -0.05) is 80.6 Å². The topological polar surface area (TPSA) is 63.7 Å². The van der Waals surface area contributed by atoms with Gasteiger partial charge in [-0.15, -0.1) is 0 Å². The van der Waals surface area contributed by atoms with Crippen molar-refractivity contribution in [2.24, 2.45) is 5.92 Å². The third-order valence-corrected chi connectivity index (χ3v) is 8.00. The van der Waals surface area contributed by atoms with Crippen LogP contribution >= 0.6 is 0 Å². The van der Waals surface area contributed by atoms with Crippen LogP contribution < -0.4 is 9.64 Å². The third kappa shape index (κ3) is 5.58. The van der Waals surface area contributed by atoms with Gasteiger partial charge in [0, 0.05) is 48.0 Å². The summed E-state index contributed by atoms with van der Waals surface area (Å²) < 4.78 is 6.27. The zero-order valence-electron chi connectivity index (χ0n) is 24.0. The first kappa shape index (κ1) is 28.0. The summed E-state index contributed by atoms with van der Waals surface area (Å²) in [5.41, 5.74) is 5.20. The van der Waals surface area contributed by atoms with Gasteiger partial charge in [-0.3, -0.25) is 14.4 Å². The van der Waals surface area contributed by atoms with E-state index in [4.69, 9.17) is 4.74 Å². The molecule has 5 nitrogen and oxygen atoms in total. The molecule has 3 atom stereocenters. The van der Waals surface area contributed by atoms with Gasteiger partial charge in [0.25, 0.3) is 0 Å². The standard InChI is InChI=1S/C36H35NO4/c1-5-23-11-15-25(16-12-23)33(38)32(34(39)26-19-21-28(22-20-26)37(3)4)31-29-9-7-8-10-30(29)41-36(31)35(40)27-17-13-24(6-2)14-18-27/h7-22,31-32,36H,5-6H2,1-4H3. The molecule has 0 aromatic heterocycles. The Balaban J connectivity index is 1.62. The Labute approximate surface area is 241 Å². The van der Waals surface area contributed by atoms with Gasteiger partial charge in [0.2, 0.25) is 5.78 Å². The summed E-state index contributed by atoms with van der Waals surface area (Å²) in [5.74, 6) is -2.31. The molecule has 4 aromatic rings.